The fraction of sp³-hybridized carbons (Fsp3) is 0.364. The number of halogens is 2. The van der Waals surface area contributed by atoms with Crippen LogP contribution in [0.2, 0.25) is 0 Å². The first-order chi connectivity index (χ1) is 6.93. The molecule has 1 rings (SSSR count). The second-order valence-electron chi connectivity index (χ2n) is 3.63. The highest BCUT2D eigenvalue weighted by atomic mass is 127. The highest BCUT2D eigenvalue weighted by molar-refractivity contribution is 14.1. The molecule has 0 N–H and O–H groups in total. The van der Waals surface area contributed by atoms with Crippen LogP contribution in [-0.4, -0.2) is 23.9 Å². The summed E-state index contributed by atoms with van der Waals surface area (Å²) in [5.41, 5.74) is 0.720. The number of carbonyl (C=O) groups is 1. The van der Waals surface area contributed by atoms with E-state index in [-0.39, 0.29) is 11.9 Å². The molecule has 15 heavy (non-hydrogen) atoms. The van der Waals surface area contributed by atoms with Crippen LogP contribution in [0.15, 0.2) is 22.7 Å². The number of nitrogens with zero attached hydrogens (tertiary/aromatic N) is 1. The Kier molecular flexibility index (Phi) is 4.58. The lowest BCUT2D eigenvalue weighted by Crippen LogP contribution is -2.33. The third-order valence-corrected chi connectivity index (χ3v) is 3.62. The Morgan fingerprint density at radius 2 is 2.07 bits per heavy atom. The molecule has 0 unspecified atom stereocenters. The maximum atomic E-state index is 12.1. The van der Waals surface area contributed by atoms with Crippen molar-refractivity contribution in [2.24, 2.45) is 0 Å². The molecule has 0 saturated heterocycles. The van der Waals surface area contributed by atoms with E-state index in [1.165, 1.54) is 0 Å². The molecule has 0 spiro atoms. The van der Waals surface area contributed by atoms with Crippen molar-refractivity contribution in [3.8, 4) is 0 Å². The van der Waals surface area contributed by atoms with Gasteiger partial charge in [0, 0.05) is 21.1 Å². The van der Waals surface area contributed by atoms with Gasteiger partial charge in [-0.3, -0.25) is 4.79 Å². The van der Waals surface area contributed by atoms with Crippen LogP contribution < -0.4 is 0 Å². The molecule has 0 fully saturated rings. The Morgan fingerprint density at radius 3 is 2.60 bits per heavy atom. The standard InChI is InChI=1S/C11H13BrINO/c1-7(2)14(3)11(15)9-6-8(13)4-5-10(9)12/h4-7H,1-3H3. The first kappa shape index (κ1) is 13.0. The summed E-state index contributed by atoms with van der Waals surface area (Å²) in [6.45, 7) is 4.00. The Hall–Kier alpha value is -0.100. The Morgan fingerprint density at radius 1 is 1.47 bits per heavy atom. The Balaban J connectivity index is 3.05. The number of carbonyl (C=O) groups excluding carboxylic acids is 1. The molecule has 2 nitrogen and oxygen atoms in total. The fourth-order valence-corrected chi connectivity index (χ4v) is 1.99. The molecular weight excluding hydrogens is 369 g/mol. The highest BCUT2D eigenvalue weighted by Crippen LogP contribution is 2.21. The molecule has 0 saturated carbocycles. The Labute approximate surface area is 112 Å². The van der Waals surface area contributed by atoms with Gasteiger partial charge in [-0.05, 0) is 70.6 Å². The zero-order chi connectivity index (χ0) is 11.6. The first-order valence-electron chi connectivity index (χ1n) is 4.65. The predicted molar refractivity (Wildman–Crippen MR) is 74.1 cm³/mol. The van der Waals surface area contributed by atoms with Crippen LogP contribution in [0, 0.1) is 3.57 Å². The van der Waals surface area contributed by atoms with Crippen LogP contribution in [0.4, 0.5) is 0 Å². The van der Waals surface area contributed by atoms with E-state index in [1.807, 2.05) is 39.1 Å². The molecule has 0 heterocycles. The summed E-state index contributed by atoms with van der Waals surface area (Å²) in [7, 11) is 1.82. The predicted octanol–water partition coefficient (Wildman–Crippen LogP) is 3.53. The van der Waals surface area contributed by atoms with Gasteiger partial charge in [-0.25, -0.2) is 0 Å². The monoisotopic (exact) mass is 381 g/mol. The molecule has 0 aromatic heterocycles. The second-order valence-corrected chi connectivity index (χ2v) is 5.73. The van der Waals surface area contributed by atoms with Gasteiger partial charge in [-0.15, -0.1) is 0 Å². The highest BCUT2D eigenvalue weighted by Gasteiger charge is 2.16. The van der Waals surface area contributed by atoms with E-state index in [4.69, 9.17) is 0 Å². The molecule has 1 amide bonds. The maximum absolute atomic E-state index is 12.1. The summed E-state index contributed by atoms with van der Waals surface area (Å²) in [5.74, 6) is 0.0513. The van der Waals surface area contributed by atoms with Gasteiger partial charge in [-0.1, -0.05) is 0 Å². The SMILES string of the molecule is CC(C)N(C)C(=O)c1cc(I)ccc1Br. The summed E-state index contributed by atoms with van der Waals surface area (Å²) in [6, 6.07) is 5.98. The van der Waals surface area contributed by atoms with Crippen LogP contribution in [0.1, 0.15) is 24.2 Å². The van der Waals surface area contributed by atoms with Gasteiger partial charge < -0.3 is 4.90 Å². The quantitative estimate of drug-likeness (QED) is 0.717. The zero-order valence-electron chi connectivity index (χ0n) is 8.92. The topological polar surface area (TPSA) is 20.3 Å². The van der Waals surface area contributed by atoms with Crippen LogP contribution in [0.5, 0.6) is 0 Å². The summed E-state index contributed by atoms with van der Waals surface area (Å²) in [4.78, 5) is 13.8. The molecule has 4 heteroatoms. The normalized spacial score (nSPS) is 10.5. The van der Waals surface area contributed by atoms with Crippen LogP contribution in [0.3, 0.4) is 0 Å². The lowest BCUT2D eigenvalue weighted by Gasteiger charge is -2.22. The van der Waals surface area contributed by atoms with Gasteiger partial charge in [0.25, 0.3) is 5.91 Å². The third-order valence-electron chi connectivity index (χ3n) is 2.25. The average Bonchev–Trinajstić information content (AvgIpc) is 2.19. The summed E-state index contributed by atoms with van der Waals surface area (Å²) < 4.78 is 1.91. The van der Waals surface area contributed by atoms with Gasteiger partial charge in [0.2, 0.25) is 0 Å². The van der Waals surface area contributed by atoms with E-state index in [9.17, 15) is 4.79 Å². The van der Waals surface area contributed by atoms with Gasteiger partial charge in [-0.2, -0.15) is 0 Å². The number of hydrogen-bond acceptors (Lipinski definition) is 1. The average molecular weight is 382 g/mol. The molecule has 0 aliphatic carbocycles. The van der Waals surface area contributed by atoms with E-state index in [2.05, 4.69) is 38.5 Å². The molecular formula is C11H13BrINO. The van der Waals surface area contributed by atoms with E-state index < -0.39 is 0 Å². The Bertz CT molecular complexity index is 379. The molecule has 82 valence electrons. The molecule has 0 bridgehead atoms. The number of amides is 1. The minimum atomic E-state index is 0.0513. The van der Waals surface area contributed by atoms with Crippen molar-refractivity contribution < 1.29 is 4.79 Å². The van der Waals surface area contributed by atoms with E-state index >= 15 is 0 Å². The van der Waals surface area contributed by atoms with Crippen molar-refractivity contribution in [3.63, 3.8) is 0 Å². The lowest BCUT2D eigenvalue weighted by molar-refractivity contribution is 0.0754. The van der Waals surface area contributed by atoms with Crippen molar-refractivity contribution in [2.45, 2.75) is 19.9 Å². The molecule has 1 aromatic rings. The number of rotatable bonds is 2. The van der Waals surface area contributed by atoms with E-state index in [0.29, 0.717) is 0 Å². The molecule has 0 atom stereocenters. The lowest BCUT2D eigenvalue weighted by atomic mass is 10.2. The van der Waals surface area contributed by atoms with Crippen molar-refractivity contribution in [2.75, 3.05) is 7.05 Å². The smallest absolute Gasteiger partial charge is 0.255 e. The van der Waals surface area contributed by atoms with E-state index in [1.54, 1.807) is 4.90 Å². The summed E-state index contributed by atoms with van der Waals surface area (Å²) >= 11 is 5.60. The molecule has 0 radical (unpaired) electrons. The molecule has 1 aromatic carbocycles. The van der Waals surface area contributed by atoms with Crippen molar-refractivity contribution in [3.05, 3.63) is 31.8 Å². The van der Waals surface area contributed by atoms with E-state index in [0.717, 1.165) is 13.6 Å². The summed E-state index contributed by atoms with van der Waals surface area (Å²) in [6.07, 6.45) is 0. The maximum Gasteiger partial charge on any atom is 0.255 e. The number of hydrogen-bond donors (Lipinski definition) is 0. The zero-order valence-corrected chi connectivity index (χ0v) is 12.7. The van der Waals surface area contributed by atoms with Gasteiger partial charge in [0.1, 0.15) is 0 Å². The van der Waals surface area contributed by atoms with Crippen LogP contribution >= 0.6 is 38.5 Å². The van der Waals surface area contributed by atoms with Gasteiger partial charge in [0.15, 0.2) is 0 Å². The second kappa shape index (κ2) is 5.30. The minimum Gasteiger partial charge on any atom is -0.339 e. The van der Waals surface area contributed by atoms with Crippen molar-refractivity contribution in [1.29, 1.82) is 0 Å². The first-order valence-corrected chi connectivity index (χ1v) is 6.53. The van der Waals surface area contributed by atoms with Gasteiger partial charge >= 0.3 is 0 Å². The van der Waals surface area contributed by atoms with Crippen LogP contribution in [-0.2, 0) is 0 Å². The van der Waals surface area contributed by atoms with Crippen molar-refractivity contribution >= 4 is 44.4 Å². The third kappa shape index (κ3) is 3.17. The van der Waals surface area contributed by atoms with Crippen molar-refractivity contribution in [1.82, 2.24) is 4.90 Å². The molecule has 0 aliphatic heterocycles. The fourth-order valence-electron chi connectivity index (χ4n) is 1.09. The minimum absolute atomic E-state index is 0.0513. The van der Waals surface area contributed by atoms with Gasteiger partial charge in [0.05, 0.1) is 5.56 Å². The largest absolute Gasteiger partial charge is 0.339 e. The summed E-state index contributed by atoms with van der Waals surface area (Å²) in [5, 5.41) is 0. The molecule has 0 aliphatic rings. The number of benzene rings is 1. The van der Waals surface area contributed by atoms with Crippen LogP contribution in [0.25, 0.3) is 0 Å².